The molecule has 10 nitrogen and oxygen atoms in total. The monoisotopic (exact) mass is 728 g/mol. The average molecular weight is 729 g/mol. The van der Waals surface area contributed by atoms with Crippen molar-refractivity contribution in [3.8, 4) is 11.1 Å². The second-order valence-electron chi connectivity index (χ2n) is 14.0. The minimum Gasteiger partial charge on any atom is -0.369 e. The van der Waals surface area contributed by atoms with Crippen LogP contribution in [0.4, 0.5) is 24.5 Å². The number of alkyl halides is 1. The van der Waals surface area contributed by atoms with Crippen LogP contribution in [0, 0.1) is 11.6 Å². The summed E-state index contributed by atoms with van der Waals surface area (Å²) in [7, 11) is -4.63. The van der Waals surface area contributed by atoms with Crippen LogP contribution in [0.25, 0.3) is 22.2 Å². The first kappa shape index (κ1) is 36.0. The Kier molecular flexibility index (Phi) is 10.4. The summed E-state index contributed by atoms with van der Waals surface area (Å²) in [6.07, 6.45) is 1.85. The van der Waals surface area contributed by atoms with Crippen molar-refractivity contribution in [3.63, 3.8) is 0 Å². The molecule has 2 aromatic carbocycles. The quantitative estimate of drug-likeness (QED) is 0.114. The highest BCUT2D eigenvalue weighted by atomic mass is 32.2. The van der Waals surface area contributed by atoms with Gasteiger partial charge in [-0.1, -0.05) is 31.8 Å². The molecule has 0 aliphatic carbocycles. The normalized spacial score (nSPS) is 17.5. The van der Waals surface area contributed by atoms with Crippen molar-refractivity contribution in [2.24, 2.45) is 0 Å². The zero-order valence-electron chi connectivity index (χ0n) is 28.8. The van der Waals surface area contributed by atoms with Gasteiger partial charge in [-0.25, -0.2) is 18.2 Å². The molecule has 15 heteroatoms. The lowest BCUT2D eigenvalue weighted by atomic mass is 9.99. The van der Waals surface area contributed by atoms with E-state index in [1.807, 2.05) is 24.3 Å². The van der Waals surface area contributed by atoms with Crippen molar-refractivity contribution in [2.45, 2.75) is 45.0 Å². The van der Waals surface area contributed by atoms with E-state index in [4.69, 9.17) is 4.74 Å². The summed E-state index contributed by atoms with van der Waals surface area (Å²) in [4.78, 5) is 21.1. The number of anilines is 2. The summed E-state index contributed by atoms with van der Waals surface area (Å²) in [6, 6.07) is 12.5. The molecule has 2 fully saturated rings. The molecule has 2 aliphatic heterocycles. The van der Waals surface area contributed by atoms with Crippen LogP contribution in [-0.2, 0) is 21.7 Å². The summed E-state index contributed by atoms with van der Waals surface area (Å²) in [6.45, 7) is 10.5. The molecule has 1 atom stereocenters. The van der Waals surface area contributed by atoms with Crippen molar-refractivity contribution < 1.29 is 31.1 Å². The maximum Gasteiger partial charge on any atom is 0.304 e. The molecule has 0 radical (unpaired) electrons. The Morgan fingerprint density at radius 2 is 1.78 bits per heavy atom. The highest BCUT2D eigenvalue weighted by Crippen LogP contribution is 2.33. The Morgan fingerprint density at radius 3 is 2.44 bits per heavy atom. The Labute approximate surface area is 292 Å². The van der Waals surface area contributed by atoms with Gasteiger partial charge in [-0.2, -0.15) is 12.7 Å². The highest BCUT2D eigenvalue weighted by Gasteiger charge is 2.36. The summed E-state index contributed by atoms with van der Waals surface area (Å²) in [5.74, 6) is -3.46. The largest absolute Gasteiger partial charge is 0.369 e. The van der Waals surface area contributed by atoms with E-state index in [2.05, 4.69) is 34.8 Å². The number of halogens is 3. The second-order valence-corrected chi connectivity index (χ2v) is 21.6. The van der Waals surface area contributed by atoms with Gasteiger partial charge >= 0.3 is 10.2 Å². The number of ketones is 1. The maximum absolute atomic E-state index is 16.2. The predicted octanol–water partition coefficient (Wildman–Crippen LogP) is 5.66. The molecule has 2 saturated heterocycles. The Bertz CT molecular complexity index is 1980. The number of piperazine rings is 1. The average Bonchev–Trinajstić information content (AvgIpc) is 3.70. The molecule has 0 unspecified atom stereocenters. The number of fused-ring (bicyclic) bond motifs is 1. The fraction of sp³-hybridized carbons (Fsp3) is 0.429. The zero-order valence-corrected chi connectivity index (χ0v) is 30.6. The lowest BCUT2D eigenvalue weighted by Gasteiger charge is -2.29. The van der Waals surface area contributed by atoms with Crippen LogP contribution in [0.2, 0.25) is 25.7 Å². The van der Waals surface area contributed by atoms with Gasteiger partial charge in [-0.3, -0.25) is 9.10 Å². The molecule has 4 aromatic rings. The molecule has 0 bridgehead atoms. The number of carbonyl (C=O) groups is 1. The first-order valence-corrected chi connectivity index (χ1v) is 21.9. The van der Waals surface area contributed by atoms with E-state index in [1.165, 1.54) is 6.20 Å². The van der Waals surface area contributed by atoms with Crippen LogP contribution in [0.1, 0.15) is 22.3 Å². The molecule has 4 heterocycles. The number of benzene rings is 2. The number of hydrogen-bond donors (Lipinski definition) is 1. The number of nitrogens with zero attached hydrogens (tertiary/aromatic N) is 5. The number of carbonyl (C=O) groups excluding carboxylic acids is 1. The van der Waals surface area contributed by atoms with Gasteiger partial charge in [0, 0.05) is 90.0 Å². The molecule has 0 spiro atoms. The zero-order chi connectivity index (χ0) is 35.8. The van der Waals surface area contributed by atoms with Gasteiger partial charge in [-0.05, 0) is 48.4 Å². The fourth-order valence-corrected chi connectivity index (χ4v) is 8.44. The molecular formula is C35H43F3N6O4SSi. The Hall–Kier alpha value is -3.76. The van der Waals surface area contributed by atoms with E-state index >= 15 is 8.78 Å². The summed E-state index contributed by atoms with van der Waals surface area (Å²) >= 11 is 0. The van der Waals surface area contributed by atoms with E-state index in [9.17, 15) is 17.6 Å². The number of ether oxygens (including phenoxy) is 1. The molecule has 2 aliphatic rings. The van der Waals surface area contributed by atoms with Crippen LogP contribution >= 0.6 is 0 Å². The summed E-state index contributed by atoms with van der Waals surface area (Å²) in [5.41, 5.74) is 1.59. The molecule has 1 N–H and O–H groups in total. The molecule has 0 saturated carbocycles. The van der Waals surface area contributed by atoms with Gasteiger partial charge in [0.05, 0.1) is 16.8 Å². The first-order valence-electron chi connectivity index (χ1n) is 16.8. The number of rotatable bonds is 12. The predicted molar refractivity (Wildman–Crippen MR) is 193 cm³/mol. The third kappa shape index (κ3) is 7.47. The van der Waals surface area contributed by atoms with Crippen molar-refractivity contribution in [1.29, 1.82) is 0 Å². The van der Waals surface area contributed by atoms with E-state index in [-0.39, 0.29) is 31.8 Å². The van der Waals surface area contributed by atoms with Crippen molar-refractivity contribution >= 4 is 46.5 Å². The smallest absolute Gasteiger partial charge is 0.304 e. The van der Waals surface area contributed by atoms with Gasteiger partial charge in [-0.15, -0.1) is 0 Å². The highest BCUT2D eigenvalue weighted by molar-refractivity contribution is 7.90. The van der Waals surface area contributed by atoms with Gasteiger partial charge in [0.2, 0.25) is 5.78 Å². The fourth-order valence-electron chi connectivity index (χ4n) is 6.26. The number of pyridine rings is 1. The lowest BCUT2D eigenvalue weighted by Crippen LogP contribution is -2.43. The minimum absolute atomic E-state index is 0.0131. The van der Waals surface area contributed by atoms with Crippen molar-refractivity contribution in [3.05, 3.63) is 77.6 Å². The second kappa shape index (κ2) is 14.5. The standard InChI is InChI=1S/C35H43F3N6O4SSi/c1-41(49(46,47)44-14-11-26(36)21-44)31-10-9-30(37)32(33(31)38)34(45)29-22-43(23-48-17-18-50(2,3)4)35-28(29)19-25(20-40-35)24-5-7-27(8-6-24)42-15-12-39-13-16-42/h5-10,19-20,22,26,39H,11-18,21,23H2,1-4H3/t26-/m1/s1. The molecule has 2 aromatic heterocycles. The van der Waals surface area contributed by atoms with Crippen LogP contribution in [-0.4, -0.2) is 95.2 Å². The van der Waals surface area contributed by atoms with Gasteiger partial charge in [0.15, 0.2) is 5.82 Å². The van der Waals surface area contributed by atoms with Crippen molar-refractivity contribution in [1.82, 2.24) is 19.2 Å². The summed E-state index contributed by atoms with van der Waals surface area (Å²) < 4.78 is 81.1. The molecule has 268 valence electrons. The Morgan fingerprint density at radius 1 is 1.06 bits per heavy atom. The lowest BCUT2D eigenvalue weighted by molar-refractivity contribution is 0.0896. The molecular weight excluding hydrogens is 686 g/mol. The van der Waals surface area contributed by atoms with Crippen molar-refractivity contribution in [2.75, 3.05) is 62.1 Å². The van der Waals surface area contributed by atoms with E-state index in [0.29, 0.717) is 27.5 Å². The summed E-state index contributed by atoms with van der Waals surface area (Å²) in [5, 5.41) is 3.71. The molecule has 50 heavy (non-hydrogen) atoms. The minimum atomic E-state index is -4.35. The first-order chi connectivity index (χ1) is 23.7. The van der Waals surface area contributed by atoms with Crippen LogP contribution in [0.15, 0.2) is 54.9 Å². The topological polar surface area (TPSA) is 100 Å². The van der Waals surface area contributed by atoms with Crippen LogP contribution < -0.4 is 14.5 Å². The van der Waals surface area contributed by atoms with E-state index < -0.39 is 53.1 Å². The van der Waals surface area contributed by atoms with E-state index in [1.54, 1.807) is 16.8 Å². The SMILES string of the molecule is CN(c1ccc(F)c(C(=O)c2cn(COCC[Si](C)(C)C)c3ncc(-c4ccc(N5CCNCC5)cc4)cc23)c1F)S(=O)(=O)N1CC[C@@H](F)C1. The Balaban J connectivity index is 1.37. The third-order valence-electron chi connectivity index (χ3n) is 9.27. The van der Waals surface area contributed by atoms with Gasteiger partial charge < -0.3 is 19.5 Å². The number of aromatic nitrogens is 2. The van der Waals surface area contributed by atoms with Crippen LogP contribution in [0.3, 0.4) is 0 Å². The third-order valence-corrected chi connectivity index (χ3v) is 12.8. The molecule has 0 amide bonds. The van der Waals surface area contributed by atoms with Crippen LogP contribution in [0.5, 0.6) is 0 Å². The van der Waals surface area contributed by atoms with Gasteiger partial charge in [0.1, 0.15) is 24.4 Å². The number of hydrogen-bond acceptors (Lipinski definition) is 7. The molecule has 6 rings (SSSR count). The maximum atomic E-state index is 16.2. The number of nitrogens with one attached hydrogen (secondary N) is 1. The van der Waals surface area contributed by atoms with Gasteiger partial charge in [0.25, 0.3) is 0 Å². The van der Waals surface area contributed by atoms with E-state index in [0.717, 1.165) is 67.0 Å².